The minimum Gasteiger partial charge on any atom is -0.393 e. The summed E-state index contributed by atoms with van der Waals surface area (Å²) in [5.74, 6) is 0.660. The normalized spacial score (nSPS) is 15.7. The Morgan fingerprint density at radius 2 is 2.15 bits per heavy atom. The highest BCUT2D eigenvalue weighted by molar-refractivity contribution is 5.80. The molecule has 1 atom stereocenters. The number of H-pyrrole nitrogens is 1. The first-order valence-electron chi connectivity index (χ1n) is 8.71. The van der Waals surface area contributed by atoms with Crippen molar-refractivity contribution in [3.8, 4) is 0 Å². The molecule has 2 aromatic heterocycles. The number of rotatable bonds is 4. The van der Waals surface area contributed by atoms with Crippen LogP contribution in [-0.2, 0) is 24.3 Å². The number of aryl methyl sites for hydroxylation is 1. The van der Waals surface area contributed by atoms with Crippen LogP contribution in [0.3, 0.4) is 0 Å². The van der Waals surface area contributed by atoms with Gasteiger partial charge in [0, 0.05) is 13.1 Å². The van der Waals surface area contributed by atoms with Gasteiger partial charge in [0.1, 0.15) is 11.9 Å². The molecule has 8 heteroatoms. The van der Waals surface area contributed by atoms with Crippen molar-refractivity contribution in [2.45, 2.75) is 32.0 Å². The molecule has 0 aliphatic carbocycles. The summed E-state index contributed by atoms with van der Waals surface area (Å²) in [4.78, 5) is 22.2. The van der Waals surface area contributed by atoms with E-state index in [9.17, 15) is 9.90 Å². The number of hydrogen-bond donors (Lipinski definition) is 3. The van der Waals surface area contributed by atoms with Gasteiger partial charge >= 0.3 is 0 Å². The average Bonchev–Trinajstić information content (AvgIpc) is 3.18. The van der Waals surface area contributed by atoms with E-state index in [1.807, 2.05) is 28.9 Å². The van der Waals surface area contributed by atoms with Crippen LogP contribution in [0.15, 0.2) is 30.3 Å². The fraction of sp³-hybridized carbons (Fsp3) is 0.389. The minimum atomic E-state index is -0.992. The second-order valence-electron chi connectivity index (χ2n) is 6.53. The first-order chi connectivity index (χ1) is 12.6. The summed E-state index contributed by atoms with van der Waals surface area (Å²) < 4.78 is 1.81. The van der Waals surface area contributed by atoms with Crippen LogP contribution in [0.5, 0.6) is 0 Å². The molecule has 0 spiro atoms. The van der Waals surface area contributed by atoms with Crippen LogP contribution in [0, 0.1) is 0 Å². The maximum atomic E-state index is 12.8. The van der Waals surface area contributed by atoms with Crippen molar-refractivity contribution < 1.29 is 15.0 Å². The summed E-state index contributed by atoms with van der Waals surface area (Å²) in [5.41, 5.74) is 3.08. The molecular formula is C18H21N5O3. The summed E-state index contributed by atoms with van der Waals surface area (Å²) in [6.45, 7) is 1.40. The maximum Gasteiger partial charge on any atom is 0.230 e. The predicted molar refractivity (Wildman–Crippen MR) is 94.1 cm³/mol. The highest BCUT2D eigenvalue weighted by Gasteiger charge is 2.23. The molecule has 0 fully saturated rings. The Morgan fingerprint density at radius 1 is 1.31 bits per heavy atom. The Labute approximate surface area is 150 Å². The molecule has 136 valence electrons. The lowest BCUT2D eigenvalue weighted by Gasteiger charge is -2.19. The summed E-state index contributed by atoms with van der Waals surface area (Å²) in [6.07, 6.45) is 0.0126. The third-order valence-electron chi connectivity index (χ3n) is 4.66. The van der Waals surface area contributed by atoms with Crippen LogP contribution in [0.4, 0.5) is 0 Å². The number of carbonyl (C=O) groups is 1. The molecule has 1 amide bonds. The zero-order chi connectivity index (χ0) is 18.1. The smallest absolute Gasteiger partial charge is 0.230 e. The fourth-order valence-corrected chi connectivity index (χ4v) is 3.30. The standard InChI is InChI=1S/C18H21N5O3/c24-11-16(25)15-8-12-10-22(6-3-7-23(12)21-15)18(26)9-17-19-13-4-1-2-5-14(13)20-17/h1-2,4-5,8,16,24-25H,3,6-7,9-11H2,(H,19,20)/t16-/m0/s1. The van der Waals surface area contributed by atoms with Crippen molar-refractivity contribution in [3.05, 3.63) is 47.5 Å². The Bertz CT molecular complexity index is 899. The molecule has 26 heavy (non-hydrogen) atoms. The average molecular weight is 355 g/mol. The van der Waals surface area contributed by atoms with E-state index in [1.54, 1.807) is 11.0 Å². The van der Waals surface area contributed by atoms with Gasteiger partial charge in [0.15, 0.2) is 0 Å². The number of imidazole rings is 1. The second kappa shape index (κ2) is 6.89. The molecule has 0 saturated carbocycles. The summed E-state index contributed by atoms with van der Waals surface area (Å²) in [6, 6.07) is 9.46. The van der Waals surface area contributed by atoms with Crippen molar-refractivity contribution in [2.75, 3.05) is 13.2 Å². The summed E-state index contributed by atoms with van der Waals surface area (Å²) >= 11 is 0. The van der Waals surface area contributed by atoms with Gasteiger partial charge in [0.05, 0.1) is 42.0 Å². The molecule has 0 saturated heterocycles. The Hall–Kier alpha value is -2.71. The van der Waals surface area contributed by atoms with E-state index in [0.29, 0.717) is 31.2 Å². The zero-order valence-corrected chi connectivity index (χ0v) is 14.3. The lowest BCUT2D eigenvalue weighted by atomic mass is 10.2. The van der Waals surface area contributed by atoms with E-state index >= 15 is 0 Å². The Morgan fingerprint density at radius 3 is 2.96 bits per heavy atom. The van der Waals surface area contributed by atoms with E-state index in [-0.39, 0.29) is 18.9 Å². The van der Waals surface area contributed by atoms with E-state index < -0.39 is 6.10 Å². The van der Waals surface area contributed by atoms with E-state index in [0.717, 1.165) is 23.1 Å². The topological polar surface area (TPSA) is 107 Å². The van der Waals surface area contributed by atoms with Gasteiger partial charge in [-0.3, -0.25) is 9.48 Å². The van der Waals surface area contributed by atoms with Gasteiger partial charge in [-0.2, -0.15) is 5.10 Å². The molecule has 1 aromatic carbocycles. The number of benzene rings is 1. The molecule has 1 aliphatic heterocycles. The number of aromatic amines is 1. The highest BCUT2D eigenvalue weighted by Crippen LogP contribution is 2.19. The van der Waals surface area contributed by atoms with Crippen LogP contribution in [0.25, 0.3) is 11.0 Å². The lowest BCUT2D eigenvalue weighted by Crippen LogP contribution is -2.32. The lowest BCUT2D eigenvalue weighted by molar-refractivity contribution is -0.131. The second-order valence-corrected chi connectivity index (χ2v) is 6.53. The van der Waals surface area contributed by atoms with Gasteiger partial charge in [0.25, 0.3) is 0 Å². The van der Waals surface area contributed by atoms with E-state index in [1.165, 1.54) is 0 Å². The number of nitrogens with one attached hydrogen (secondary N) is 1. The monoisotopic (exact) mass is 355 g/mol. The third kappa shape index (κ3) is 3.21. The fourth-order valence-electron chi connectivity index (χ4n) is 3.30. The van der Waals surface area contributed by atoms with Gasteiger partial charge in [-0.15, -0.1) is 0 Å². The molecular weight excluding hydrogens is 334 g/mol. The molecule has 3 aromatic rings. The molecule has 0 bridgehead atoms. The van der Waals surface area contributed by atoms with Crippen molar-refractivity contribution in [1.82, 2.24) is 24.6 Å². The summed E-state index contributed by atoms with van der Waals surface area (Å²) in [7, 11) is 0. The van der Waals surface area contributed by atoms with Crippen molar-refractivity contribution in [1.29, 1.82) is 0 Å². The number of aromatic nitrogens is 4. The number of hydrogen-bond acceptors (Lipinski definition) is 5. The molecule has 3 heterocycles. The van der Waals surface area contributed by atoms with E-state index in [4.69, 9.17) is 5.11 Å². The number of para-hydroxylation sites is 2. The first-order valence-corrected chi connectivity index (χ1v) is 8.71. The number of amides is 1. The SMILES string of the molecule is O=C(Cc1nc2ccccc2[nH]1)N1CCCn2nc([C@@H](O)CO)cc2C1. The molecule has 0 radical (unpaired) electrons. The number of aliphatic hydroxyl groups is 2. The van der Waals surface area contributed by atoms with Gasteiger partial charge in [0.2, 0.25) is 5.91 Å². The third-order valence-corrected chi connectivity index (χ3v) is 4.66. The van der Waals surface area contributed by atoms with Crippen molar-refractivity contribution in [2.24, 2.45) is 0 Å². The van der Waals surface area contributed by atoms with Crippen LogP contribution in [0.1, 0.15) is 29.7 Å². The van der Waals surface area contributed by atoms with E-state index in [2.05, 4.69) is 15.1 Å². The highest BCUT2D eigenvalue weighted by atomic mass is 16.3. The number of nitrogens with zero attached hydrogens (tertiary/aromatic N) is 4. The number of fused-ring (bicyclic) bond motifs is 2. The number of aliphatic hydroxyl groups excluding tert-OH is 2. The Kier molecular flexibility index (Phi) is 4.44. The van der Waals surface area contributed by atoms with Gasteiger partial charge in [-0.25, -0.2) is 4.98 Å². The Balaban J connectivity index is 1.50. The van der Waals surface area contributed by atoms with Gasteiger partial charge in [-0.1, -0.05) is 12.1 Å². The van der Waals surface area contributed by atoms with Crippen LogP contribution in [0.2, 0.25) is 0 Å². The molecule has 8 nitrogen and oxygen atoms in total. The minimum absolute atomic E-state index is 0.00274. The largest absolute Gasteiger partial charge is 0.393 e. The first kappa shape index (κ1) is 16.7. The van der Waals surface area contributed by atoms with Crippen molar-refractivity contribution >= 4 is 16.9 Å². The molecule has 3 N–H and O–H groups in total. The maximum absolute atomic E-state index is 12.8. The zero-order valence-electron chi connectivity index (χ0n) is 14.3. The molecule has 1 aliphatic rings. The van der Waals surface area contributed by atoms with Crippen LogP contribution >= 0.6 is 0 Å². The van der Waals surface area contributed by atoms with Crippen LogP contribution < -0.4 is 0 Å². The van der Waals surface area contributed by atoms with Crippen LogP contribution in [-0.4, -0.2) is 53.9 Å². The number of carbonyl (C=O) groups excluding carboxylic acids is 1. The predicted octanol–water partition coefficient (Wildman–Crippen LogP) is 0.760. The quantitative estimate of drug-likeness (QED) is 0.640. The van der Waals surface area contributed by atoms with Crippen molar-refractivity contribution in [3.63, 3.8) is 0 Å². The molecule has 0 unspecified atom stereocenters. The van der Waals surface area contributed by atoms with Gasteiger partial charge in [-0.05, 0) is 24.6 Å². The van der Waals surface area contributed by atoms with Gasteiger partial charge < -0.3 is 20.1 Å². The molecule has 4 rings (SSSR count). The summed E-state index contributed by atoms with van der Waals surface area (Å²) in [5, 5.41) is 23.2.